The third-order valence-corrected chi connectivity index (χ3v) is 7.81. The molecule has 3 aliphatic rings. The lowest BCUT2D eigenvalue weighted by atomic mass is 9.78. The molecule has 8 heteroatoms. The third kappa shape index (κ3) is 4.49. The fourth-order valence-electron chi connectivity index (χ4n) is 5.70. The van der Waals surface area contributed by atoms with E-state index in [-0.39, 0.29) is 17.1 Å². The summed E-state index contributed by atoms with van der Waals surface area (Å²) < 4.78 is 1.15. The summed E-state index contributed by atoms with van der Waals surface area (Å²) in [5.41, 5.74) is 4.32. The molecule has 0 atom stereocenters. The van der Waals surface area contributed by atoms with Gasteiger partial charge in [-0.25, -0.2) is 9.59 Å². The van der Waals surface area contributed by atoms with Gasteiger partial charge in [-0.2, -0.15) is 9.78 Å². The molecule has 1 spiro atoms. The molecule has 0 radical (unpaired) electrons. The monoisotopic (exact) mass is 451 g/mol. The number of hydrogen-bond acceptors (Lipinski definition) is 5. The predicted molar refractivity (Wildman–Crippen MR) is 126 cm³/mol. The van der Waals surface area contributed by atoms with E-state index in [4.69, 9.17) is 5.11 Å². The first-order valence-corrected chi connectivity index (χ1v) is 12.1. The Hall–Kier alpha value is -2.87. The van der Waals surface area contributed by atoms with Crippen LogP contribution in [0.4, 0.5) is 10.5 Å². The van der Waals surface area contributed by atoms with Crippen LogP contribution in [-0.2, 0) is 6.54 Å². The highest BCUT2D eigenvalue weighted by atomic mass is 16.4. The Labute approximate surface area is 194 Å². The van der Waals surface area contributed by atoms with Crippen molar-refractivity contribution in [3.05, 3.63) is 47.3 Å². The van der Waals surface area contributed by atoms with Crippen molar-refractivity contribution in [1.29, 1.82) is 0 Å². The Morgan fingerprint density at radius 1 is 1.03 bits per heavy atom. The number of hydrogen-bond donors (Lipinski definition) is 1. The molecule has 1 aromatic heterocycles. The maximum absolute atomic E-state index is 12.7. The highest BCUT2D eigenvalue weighted by Crippen LogP contribution is 2.41. The van der Waals surface area contributed by atoms with Gasteiger partial charge in [0.1, 0.15) is 0 Å². The number of carboxylic acid groups (broad SMARTS) is 1. The van der Waals surface area contributed by atoms with Gasteiger partial charge < -0.3 is 14.9 Å². The molecule has 3 fully saturated rings. The van der Waals surface area contributed by atoms with Gasteiger partial charge in [0.15, 0.2) is 5.69 Å². The zero-order valence-corrected chi connectivity index (χ0v) is 19.4. The van der Waals surface area contributed by atoms with Gasteiger partial charge >= 0.3 is 12.0 Å². The highest BCUT2D eigenvalue weighted by Gasteiger charge is 2.41. The normalized spacial score (nSPS) is 20.6. The standard InChI is InChI=1S/C25H33N5O3/c1-19-16-21(28-10-2-3-11-28)5-4-20(19)17-27-13-7-25(18-27)8-14-29(15-9-25)24(33)30-12-6-22(26-30)23(31)32/h4-6,12,16H,2-3,7-11,13-15,17-18H2,1H3,(H,31,32). The summed E-state index contributed by atoms with van der Waals surface area (Å²) in [6.45, 7) is 9.13. The highest BCUT2D eigenvalue weighted by molar-refractivity contribution is 5.86. The van der Waals surface area contributed by atoms with Crippen molar-refractivity contribution in [3.8, 4) is 0 Å². The van der Waals surface area contributed by atoms with Gasteiger partial charge in [-0.05, 0) is 80.3 Å². The molecule has 0 saturated carbocycles. The van der Waals surface area contributed by atoms with E-state index in [9.17, 15) is 9.59 Å². The fraction of sp³-hybridized carbons (Fsp3) is 0.560. The van der Waals surface area contributed by atoms with Crippen molar-refractivity contribution >= 4 is 17.7 Å². The molecule has 33 heavy (non-hydrogen) atoms. The smallest absolute Gasteiger partial charge is 0.356 e. The van der Waals surface area contributed by atoms with E-state index < -0.39 is 5.97 Å². The van der Waals surface area contributed by atoms with Crippen molar-refractivity contribution in [2.75, 3.05) is 44.2 Å². The Morgan fingerprint density at radius 3 is 2.42 bits per heavy atom. The second-order valence-corrected chi connectivity index (χ2v) is 9.99. The lowest BCUT2D eigenvalue weighted by molar-refractivity contribution is 0.0689. The molecule has 176 valence electrons. The molecule has 2 aromatic rings. The van der Waals surface area contributed by atoms with E-state index in [1.54, 1.807) is 4.90 Å². The van der Waals surface area contributed by atoms with E-state index in [1.165, 1.54) is 61.4 Å². The van der Waals surface area contributed by atoms with Crippen molar-refractivity contribution < 1.29 is 14.7 Å². The number of carbonyl (C=O) groups excluding carboxylic acids is 1. The number of rotatable bonds is 4. The Bertz CT molecular complexity index is 1030. The summed E-state index contributed by atoms with van der Waals surface area (Å²) in [5, 5.41) is 12.9. The van der Waals surface area contributed by atoms with Crippen LogP contribution >= 0.6 is 0 Å². The van der Waals surface area contributed by atoms with Crippen LogP contribution in [0.5, 0.6) is 0 Å². The third-order valence-electron chi connectivity index (χ3n) is 7.81. The van der Waals surface area contributed by atoms with Crippen LogP contribution in [-0.4, -0.2) is 76.0 Å². The van der Waals surface area contributed by atoms with E-state index >= 15 is 0 Å². The summed E-state index contributed by atoms with van der Waals surface area (Å²) in [5.74, 6) is -1.12. The lowest BCUT2D eigenvalue weighted by Gasteiger charge is -2.39. The molecular weight excluding hydrogens is 418 g/mol. The number of benzene rings is 1. The Morgan fingerprint density at radius 2 is 1.76 bits per heavy atom. The first kappa shape index (κ1) is 21.9. The minimum atomic E-state index is -1.12. The molecule has 0 bridgehead atoms. The lowest BCUT2D eigenvalue weighted by Crippen LogP contribution is -2.45. The molecule has 5 rings (SSSR count). The minimum Gasteiger partial charge on any atom is -0.476 e. The number of aryl methyl sites for hydroxylation is 1. The SMILES string of the molecule is Cc1cc(N2CCCC2)ccc1CN1CCC2(CCN(C(=O)n3ccc(C(=O)O)n3)CC2)C1. The minimum absolute atomic E-state index is 0.105. The van der Waals surface area contributed by atoms with Crippen LogP contribution in [0.25, 0.3) is 0 Å². The number of aromatic nitrogens is 2. The van der Waals surface area contributed by atoms with Gasteiger partial charge in [0.2, 0.25) is 0 Å². The van der Waals surface area contributed by atoms with Crippen molar-refractivity contribution in [3.63, 3.8) is 0 Å². The second-order valence-electron chi connectivity index (χ2n) is 9.99. The van der Waals surface area contributed by atoms with Crippen molar-refractivity contribution in [2.24, 2.45) is 5.41 Å². The van der Waals surface area contributed by atoms with Gasteiger partial charge in [-0.15, -0.1) is 0 Å². The van der Waals surface area contributed by atoms with Gasteiger partial charge in [0.05, 0.1) is 0 Å². The average molecular weight is 452 g/mol. The number of piperidine rings is 1. The average Bonchev–Trinajstić information content (AvgIpc) is 3.57. The summed E-state index contributed by atoms with van der Waals surface area (Å²) in [6, 6.07) is 8.07. The van der Waals surface area contributed by atoms with Crippen molar-refractivity contribution in [1.82, 2.24) is 19.6 Å². The molecule has 0 unspecified atom stereocenters. The Kier molecular flexibility index (Phi) is 5.86. The largest absolute Gasteiger partial charge is 0.476 e. The van der Waals surface area contributed by atoms with Crippen LogP contribution in [0.15, 0.2) is 30.5 Å². The maximum Gasteiger partial charge on any atom is 0.356 e. The molecular formula is C25H33N5O3. The molecule has 1 amide bonds. The molecule has 1 aromatic carbocycles. The predicted octanol–water partition coefficient (Wildman–Crippen LogP) is 3.45. The van der Waals surface area contributed by atoms with Gasteiger partial charge in [-0.1, -0.05) is 6.07 Å². The van der Waals surface area contributed by atoms with Crippen LogP contribution in [0.2, 0.25) is 0 Å². The molecule has 8 nitrogen and oxygen atoms in total. The summed E-state index contributed by atoms with van der Waals surface area (Å²) >= 11 is 0. The number of nitrogens with zero attached hydrogens (tertiary/aromatic N) is 5. The Balaban J connectivity index is 1.16. The molecule has 3 aliphatic heterocycles. The number of amides is 1. The van der Waals surface area contributed by atoms with Gasteiger partial charge in [-0.3, -0.25) is 4.90 Å². The van der Waals surface area contributed by atoms with E-state index in [0.29, 0.717) is 13.1 Å². The number of likely N-dealkylation sites (tertiary alicyclic amines) is 2. The van der Waals surface area contributed by atoms with Crippen LogP contribution in [0.1, 0.15) is 53.7 Å². The van der Waals surface area contributed by atoms with E-state index in [2.05, 4.69) is 40.0 Å². The number of carbonyl (C=O) groups is 2. The van der Waals surface area contributed by atoms with E-state index in [0.717, 1.165) is 37.2 Å². The quantitative estimate of drug-likeness (QED) is 0.767. The maximum atomic E-state index is 12.7. The number of carboxylic acids is 1. The molecule has 0 aliphatic carbocycles. The van der Waals surface area contributed by atoms with Crippen LogP contribution in [0, 0.1) is 12.3 Å². The summed E-state index contributed by atoms with van der Waals surface area (Å²) in [4.78, 5) is 30.6. The summed E-state index contributed by atoms with van der Waals surface area (Å²) in [6.07, 6.45) is 7.16. The number of anilines is 1. The second kappa shape index (κ2) is 8.82. The zero-order valence-electron chi connectivity index (χ0n) is 19.4. The first-order valence-electron chi connectivity index (χ1n) is 12.1. The van der Waals surface area contributed by atoms with Crippen LogP contribution in [0.3, 0.4) is 0 Å². The van der Waals surface area contributed by atoms with Crippen molar-refractivity contribution in [2.45, 2.75) is 45.6 Å². The fourth-order valence-corrected chi connectivity index (χ4v) is 5.70. The van der Waals surface area contributed by atoms with E-state index in [1.807, 2.05) is 0 Å². The van der Waals surface area contributed by atoms with Crippen LogP contribution < -0.4 is 4.90 Å². The molecule has 3 saturated heterocycles. The topological polar surface area (TPSA) is 81.9 Å². The van der Waals surface area contributed by atoms with Gasteiger partial charge in [0, 0.05) is 51.2 Å². The molecule has 4 heterocycles. The molecule has 1 N–H and O–H groups in total. The number of aromatic carboxylic acids is 1. The zero-order chi connectivity index (χ0) is 23.0. The van der Waals surface area contributed by atoms with Gasteiger partial charge in [0.25, 0.3) is 0 Å². The summed E-state index contributed by atoms with van der Waals surface area (Å²) in [7, 11) is 0. The first-order chi connectivity index (χ1) is 15.9.